The van der Waals surface area contributed by atoms with Gasteiger partial charge in [0.25, 0.3) is 0 Å². The normalized spacial score (nSPS) is 9.65. The van der Waals surface area contributed by atoms with Gasteiger partial charge in [0, 0.05) is 0 Å². The van der Waals surface area contributed by atoms with Gasteiger partial charge in [-0.1, -0.05) is 41.8 Å². The number of hydrogen-bond acceptors (Lipinski definition) is 1. The van der Waals surface area contributed by atoms with Crippen molar-refractivity contribution in [2.24, 2.45) is 0 Å². The average Bonchev–Trinajstić information content (AvgIpc) is 2.35. The zero-order valence-electron chi connectivity index (χ0n) is 9.06. The number of para-hydroxylation sites is 1. The van der Waals surface area contributed by atoms with Crippen molar-refractivity contribution < 1.29 is 4.74 Å². The van der Waals surface area contributed by atoms with Crippen LogP contribution in [0, 0.1) is 18.8 Å². The lowest BCUT2D eigenvalue weighted by Crippen LogP contribution is -1.87. The Morgan fingerprint density at radius 3 is 2.59 bits per heavy atom. The summed E-state index contributed by atoms with van der Waals surface area (Å²) < 4.78 is 5.68. The highest BCUT2D eigenvalue weighted by atomic mass is 35.5. The van der Waals surface area contributed by atoms with Crippen LogP contribution in [-0.2, 0) is 0 Å². The van der Waals surface area contributed by atoms with Crippen molar-refractivity contribution in [3.63, 3.8) is 0 Å². The fourth-order valence-electron chi connectivity index (χ4n) is 1.40. The van der Waals surface area contributed by atoms with Gasteiger partial charge in [0.2, 0.25) is 0 Å². The summed E-state index contributed by atoms with van der Waals surface area (Å²) >= 11 is 6.06. The average molecular weight is 242 g/mol. The van der Waals surface area contributed by atoms with E-state index in [4.69, 9.17) is 22.8 Å². The summed E-state index contributed by atoms with van der Waals surface area (Å²) in [5.41, 5.74) is 0.892. The third-order valence-electron chi connectivity index (χ3n) is 2.18. The second-order valence-electron chi connectivity index (χ2n) is 3.42. The minimum atomic E-state index is 0.558. The van der Waals surface area contributed by atoms with Gasteiger partial charge in [0.1, 0.15) is 11.5 Å². The Bertz CT molecular complexity index is 541. The quantitative estimate of drug-likeness (QED) is 0.728. The highest BCUT2D eigenvalue weighted by Crippen LogP contribution is 2.30. The van der Waals surface area contributed by atoms with Crippen LogP contribution in [0.5, 0.6) is 11.5 Å². The zero-order valence-corrected chi connectivity index (χ0v) is 9.82. The lowest BCUT2D eigenvalue weighted by molar-refractivity contribution is 0.482. The second kappa shape index (κ2) is 5.43. The van der Waals surface area contributed by atoms with Crippen molar-refractivity contribution in [1.82, 2.24) is 0 Å². The monoisotopic (exact) mass is 241 g/mol. The van der Waals surface area contributed by atoms with E-state index in [9.17, 15) is 0 Å². The predicted molar refractivity (Wildman–Crippen MR) is 70.2 cm³/mol. The van der Waals surface area contributed by atoms with Gasteiger partial charge in [0.15, 0.2) is 0 Å². The van der Waals surface area contributed by atoms with E-state index >= 15 is 0 Å². The van der Waals surface area contributed by atoms with Gasteiger partial charge in [-0.15, -0.1) is 6.42 Å². The molecule has 0 aliphatic heterocycles. The van der Waals surface area contributed by atoms with Crippen LogP contribution in [0.1, 0.15) is 5.56 Å². The van der Waals surface area contributed by atoms with Gasteiger partial charge in [-0.2, -0.15) is 0 Å². The van der Waals surface area contributed by atoms with Gasteiger partial charge in [-0.3, -0.25) is 0 Å². The molecule has 0 aliphatic carbocycles. The van der Waals surface area contributed by atoms with Crippen LogP contribution in [0.3, 0.4) is 0 Å². The number of benzene rings is 2. The van der Waals surface area contributed by atoms with E-state index in [2.05, 4.69) is 5.92 Å². The third-order valence-corrected chi connectivity index (χ3v) is 2.49. The number of rotatable bonds is 3. The molecule has 0 unspecified atom stereocenters. The molecule has 0 amide bonds. The first kappa shape index (κ1) is 11.6. The standard InChI is InChI=1S/C15H10ClO/c1-2-6-12-9-10-14(16)15(11-12)17-13-7-4-3-5-8-13/h1,3-11H. The Morgan fingerprint density at radius 2 is 1.88 bits per heavy atom. The molecule has 0 heterocycles. The molecule has 1 radical (unpaired) electrons. The molecule has 0 saturated heterocycles. The molecule has 0 aromatic heterocycles. The van der Waals surface area contributed by atoms with E-state index in [0.29, 0.717) is 10.8 Å². The Labute approximate surface area is 106 Å². The lowest BCUT2D eigenvalue weighted by Gasteiger charge is -2.08. The van der Waals surface area contributed by atoms with Crippen LogP contribution < -0.4 is 4.74 Å². The Hall–Kier alpha value is -1.91. The van der Waals surface area contributed by atoms with Crippen LogP contribution in [0.4, 0.5) is 0 Å². The van der Waals surface area contributed by atoms with E-state index in [1.54, 1.807) is 12.5 Å². The number of terminal acetylenes is 1. The first-order valence-electron chi connectivity index (χ1n) is 5.11. The molecule has 17 heavy (non-hydrogen) atoms. The third kappa shape index (κ3) is 3.03. The van der Waals surface area contributed by atoms with Crippen LogP contribution >= 0.6 is 11.6 Å². The molecular weight excluding hydrogens is 232 g/mol. The van der Waals surface area contributed by atoms with Crippen molar-refractivity contribution in [2.75, 3.05) is 0 Å². The van der Waals surface area contributed by atoms with Gasteiger partial charge < -0.3 is 4.74 Å². The minimum Gasteiger partial charge on any atom is -0.456 e. The Balaban J connectivity index is 2.26. The van der Waals surface area contributed by atoms with E-state index in [1.807, 2.05) is 42.5 Å². The number of ether oxygens (including phenoxy) is 1. The fraction of sp³-hybridized carbons (Fsp3) is 0. The second-order valence-corrected chi connectivity index (χ2v) is 3.82. The van der Waals surface area contributed by atoms with Crippen molar-refractivity contribution in [2.45, 2.75) is 0 Å². The summed E-state index contributed by atoms with van der Waals surface area (Å²) in [6.45, 7) is 0. The topological polar surface area (TPSA) is 9.23 Å². The maximum absolute atomic E-state index is 6.06. The highest BCUT2D eigenvalue weighted by molar-refractivity contribution is 6.32. The molecule has 0 atom stereocenters. The summed E-state index contributed by atoms with van der Waals surface area (Å²) in [5.74, 6) is 3.81. The number of halogens is 1. The molecule has 0 N–H and O–H groups in total. The maximum atomic E-state index is 6.06. The molecule has 2 rings (SSSR count). The molecule has 0 saturated carbocycles. The summed E-state index contributed by atoms with van der Waals surface area (Å²) in [6, 6.07) is 14.9. The van der Waals surface area contributed by atoms with E-state index < -0.39 is 0 Å². The molecular formula is C15H10ClO. The summed E-state index contributed by atoms with van der Waals surface area (Å²) in [4.78, 5) is 0. The first-order valence-corrected chi connectivity index (χ1v) is 5.49. The predicted octanol–water partition coefficient (Wildman–Crippen LogP) is 4.32. The zero-order chi connectivity index (χ0) is 12.1. The van der Waals surface area contributed by atoms with Crippen molar-refractivity contribution in [3.05, 3.63) is 65.5 Å². The van der Waals surface area contributed by atoms with Crippen LogP contribution in [-0.4, -0.2) is 0 Å². The molecule has 1 nitrogen and oxygen atoms in total. The molecule has 0 bridgehead atoms. The molecule has 2 aromatic rings. The van der Waals surface area contributed by atoms with Crippen LogP contribution in [0.15, 0.2) is 48.5 Å². The van der Waals surface area contributed by atoms with E-state index in [-0.39, 0.29) is 0 Å². The summed E-state index contributed by atoms with van der Waals surface area (Å²) in [6.07, 6.45) is 6.88. The van der Waals surface area contributed by atoms with E-state index in [1.165, 1.54) is 0 Å². The summed E-state index contributed by atoms with van der Waals surface area (Å²) in [7, 11) is 0. The minimum absolute atomic E-state index is 0.558. The SMILES string of the molecule is C#C[CH]c1ccc(Cl)c(Oc2ccccc2)c1. The number of hydrogen-bond donors (Lipinski definition) is 0. The lowest BCUT2D eigenvalue weighted by atomic mass is 10.1. The summed E-state index contributed by atoms with van der Waals surface area (Å²) in [5, 5.41) is 0.558. The van der Waals surface area contributed by atoms with Crippen LogP contribution in [0.2, 0.25) is 5.02 Å². The largest absolute Gasteiger partial charge is 0.456 e. The van der Waals surface area contributed by atoms with Gasteiger partial charge in [-0.05, 0) is 29.8 Å². The Morgan fingerprint density at radius 1 is 1.12 bits per heavy atom. The van der Waals surface area contributed by atoms with Gasteiger partial charge in [-0.25, -0.2) is 0 Å². The molecule has 0 fully saturated rings. The fourth-order valence-corrected chi connectivity index (χ4v) is 1.56. The smallest absolute Gasteiger partial charge is 0.146 e. The van der Waals surface area contributed by atoms with Crippen LogP contribution in [0.25, 0.3) is 0 Å². The van der Waals surface area contributed by atoms with E-state index in [0.717, 1.165) is 11.3 Å². The molecule has 2 aromatic carbocycles. The van der Waals surface area contributed by atoms with Crippen molar-refractivity contribution in [1.29, 1.82) is 0 Å². The molecule has 83 valence electrons. The molecule has 0 spiro atoms. The Kier molecular flexibility index (Phi) is 3.69. The highest BCUT2D eigenvalue weighted by Gasteiger charge is 2.04. The maximum Gasteiger partial charge on any atom is 0.146 e. The molecule has 0 aliphatic rings. The van der Waals surface area contributed by atoms with Crippen molar-refractivity contribution >= 4 is 11.6 Å². The van der Waals surface area contributed by atoms with Crippen molar-refractivity contribution in [3.8, 4) is 23.8 Å². The molecule has 2 heteroatoms. The van der Waals surface area contributed by atoms with Gasteiger partial charge >= 0.3 is 0 Å². The van der Waals surface area contributed by atoms with Gasteiger partial charge in [0.05, 0.1) is 11.4 Å². The first-order chi connectivity index (χ1) is 8.29.